The summed E-state index contributed by atoms with van der Waals surface area (Å²) in [6.45, 7) is 4.79. The summed E-state index contributed by atoms with van der Waals surface area (Å²) in [5, 5.41) is 3.01. The fraction of sp³-hybridized carbons (Fsp3) is 0.529. The highest BCUT2D eigenvalue weighted by Crippen LogP contribution is 2.22. The molecule has 1 aliphatic rings. The van der Waals surface area contributed by atoms with Crippen LogP contribution >= 0.6 is 0 Å². The summed E-state index contributed by atoms with van der Waals surface area (Å²) in [5.74, 6) is 0.288. The minimum atomic E-state index is -3.52. The lowest BCUT2D eigenvalue weighted by Gasteiger charge is -2.31. The van der Waals surface area contributed by atoms with Crippen molar-refractivity contribution in [1.82, 2.24) is 10.0 Å². The second-order valence-corrected chi connectivity index (χ2v) is 7.83. The number of nitrogens with two attached hydrogens (primary N) is 1. The molecule has 0 unspecified atom stereocenters. The Kier molecular flexibility index (Phi) is 6.18. The van der Waals surface area contributed by atoms with Crippen molar-refractivity contribution in [1.29, 1.82) is 0 Å². The van der Waals surface area contributed by atoms with Crippen LogP contribution in [-0.4, -0.2) is 38.8 Å². The van der Waals surface area contributed by atoms with Gasteiger partial charge >= 0.3 is 0 Å². The first-order valence-electron chi connectivity index (χ1n) is 8.55. The van der Waals surface area contributed by atoms with Crippen molar-refractivity contribution < 1.29 is 13.2 Å². The average molecular weight is 366 g/mol. The monoisotopic (exact) mass is 366 g/mol. The summed E-state index contributed by atoms with van der Waals surface area (Å²) < 4.78 is 26.4. The molecule has 0 fully saturated rings. The summed E-state index contributed by atoms with van der Waals surface area (Å²) in [5.41, 5.74) is 6.01. The number of amides is 1. The number of nitrogens with zero attached hydrogens (tertiary/aromatic N) is 1. The van der Waals surface area contributed by atoms with Gasteiger partial charge < -0.3 is 11.1 Å². The second-order valence-electron chi connectivity index (χ2n) is 6.18. The molecule has 2 rings (SSSR count). The maximum atomic E-state index is 12.1. The zero-order valence-corrected chi connectivity index (χ0v) is 15.5. The third-order valence-corrected chi connectivity index (χ3v) is 6.04. The Bertz CT molecular complexity index is 747. The molecule has 1 amide bonds. The molecule has 0 aliphatic carbocycles. The quantitative estimate of drug-likeness (QED) is 0.599. The van der Waals surface area contributed by atoms with Crippen LogP contribution in [0.4, 0.5) is 0 Å². The van der Waals surface area contributed by atoms with Gasteiger partial charge in [-0.2, -0.15) is 0 Å². The Labute approximate surface area is 149 Å². The number of nitrogens with one attached hydrogen (secondary N) is 2. The molecule has 25 heavy (non-hydrogen) atoms. The van der Waals surface area contributed by atoms with Crippen LogP contribution < -0.4 is 15.8 Å². The Hall–Kier alpha value is -1.93. The van der Waals surface area contributed by atoms with Gasteiger partial charge in [0.15, 0.2) is 0 Å². The molecule has 0 atom stereocenters. The molecule has 8 heteroatoms. The number of aliphatic imine (C=N–C) groups is 1. The maximum Gasteiger partial charge on any atom is 0.263 e. The van der Waals surface area contributed by atoms with Crippen molar-refractivity contribution in [2.24, 2.45) is 10.7 Å². The van der Waals surface area contributed by atoms with E-state index in [4.69, 9.17) is 5.73 Å². The van der Waals surface area contributed by atoms with Crippen molar-refractivity contribution >= 4 is 21.8 Å². The number of rotatable bonds is 8. The van der Waals surface area contributed by atoms with Crippen LogP contribution in [0.2, 0.25) is 0 Å². The van der Waals surface area contributed by atoms with Crippen LogP contribution in [0.25, 0.3) is 0 Å². The zero-order chi connectivity index (χ0) is 18.5. The van der Waals surface area contributed by atoms with Crippen LogP contribution in [0.5, 0.6) is 0 Å². The van der Waals surface area contributed by atoms with Gasteiger partial charge in [-0.1, -0.05) is 26.0 Å². The molecule has 0 bridgehead atoms. The Morgan fingerprint density at radius 1 is 1.28 bits per heavy atom. The molecule has 4 N–H and O–H groups in total. The van der Waals surface area contributed by atoms with E-state index in [1.807, 2.05) is 13.8 Å². The number of hydrogen-bond acceptors (Lipinski definition) is 5. The largest absolute Gasteiger partial charge is 0.349 e. The third-order valence-electron chi connectivity index (χ3n) is 4.64. The highest BCUT2D eigenvalue weighted by Gasteiger charge is 2.30. The van der Waals surface area contributed by atoms with E-state index in [9.17, 15) is 13.2 Å². The lowest BCUT2D eigenvalue weighted by Crippen LogP contribution is -2.52. The van der Waals surface area contributed by atoms with Crippen LogP contribution in [0, 0.1) is 0 Å². The number of amidine groups is 1. The molecule has 1 heterocycles. The minimum absolute atomic E-state index is 0.0539. The van der Waals surface area contributed by atoms with Gasteiger partial charge in [-0.25, -0.2) is 8.42 Å². The first-order chi connectivity index (χ1) is 11.9. The summed E-state index contributed by atoms with van der Waals surface area (Å²) in [6.07, 6.45) is 2.43. The Morgan fingerprint density at radius 3 is 2.60 bits per heavy atom. The van der Waals surface area contributed by atoms with E-state index in [0.29, 0.717) is 37.3 Å². The number of carbonyl (C=O) groups excluding carboxylic acids is 1. The molecule has 1 aromatic carbocycles. The van der Waals surface area contributed by atoms with Gasteiger partial charge in [0.2, 0.25) is 5.91 Å². The first kappa shape index (κ1) is 19.4. The van der Waals surface area contributed by atoms with E-state index in [-0.39, 0.29) is 16.3 Å². The molecular formula is C17H26N4O3S. The topological polar surface area (TPSA) is 114 Å². The number of hydrogen-bond donors (Lipinski definition) is 3. The smallest absolute Gasteiger partial charge is 0.263 e. The summed E-state index contributed by atoms with van der Waals surface area (Å²) in [4.78, 5) is 16.7. The lowest BCUT2D eigenvalue weighted by atomic mass is 9.92. The number of benzene rings is 1. The SMILES string of the molecule is CCC(CC)(CN)NC(=O)CCCN=C1NS(=O)(=O)c2ccccc21. The maximum absolute atomic E-state index is 12.1. The van der Waals surface area contributed by atoms with Crippen molar-refractivity contribution in [2.45, 2.75) is 50.0 Å². The van der Waals surface area contributed by atoms with E-state index >= 15 is 0 Å². The van der Waals surface area contributed by atoms with Gasteiger partial charge in [-0.05, 0) is 31.4 Å². The molecular weight excluding hydrogens is 340 g/mol. The van der Waals surface area contributed by atoms with Crippen molar-refractivity contribution in [3.63, 3.8) is 0 Å². The number of sulfonamides is 1. The molecule has 1 aromatic rings. The van der Waals surface area contributed by atoms with Gasteiger partial charge in [0.05, 0.1) is 10.4 Å². The van der Waals surface area contributed by atoms with Crippen LogP contribution in [0.15, 0.2) is 34.2 Å². The van der Waals surface area contributed by atoms with E-state index in [0.717, 1.165) is 12.8 Å². The predicted molar refractivity (Wildman–Crippen MR) is 97.9 cm³/mol. The summed E-state index contributed by atoms with van der Waals surface area (Å²) >= 11 is 0. The highest BCUT2D eigenvalue weighted by molar-refractivity contribution is 7.90. The fourth-order valence-corrected chi connectivity index (χ4v) is 4.06. The van der Waals surface area contributed by atoms with Gasteiger partial charge in [0.1, 0.15) is 5.84 Å². The van der Waals surface area contributed by atoms with E-state index in [2.05, 4.69) is 15.0 Å². The zero-order valence-electron chi connectivity index (χ0n) is 14.7. The number of carbonyl (C=O) groups is 1. The number of fused-ring (bicyclic) bond motifs is 1. The molecule has 0 radical (unpaired) electrons. The van der Waals surface area contributed by atoms with Crippen LogP contribution in [-0.2, 0) is 14.8 Å². The molecule has 0 saturated carbocycles. The molecule has 0 spiro atoms. The van der Waals surface area contributed by atoms with Crippen molar-refractivity contribution in [2.75, 3.05) is 13.1 Å². The molecule has 0 aromatic heterocycles. The fourth-order valence-electron chi connectivity index (χ4n) is 2.81. The summed E-state index contributed by atoms with van der Waals surface area (Å²) in [7, 11) is -3.52. The van der Waals surface area contributed by atoms with Crippen LogP contribution in [0.1, 0.15) is 45.1 Å². The van der Waals surface area contributed by atoms with E-state index in [1.54, 1.807) is 24.3 Å². The minimum Gasteiger partial charge on any atom is -0.349 e. The van der Waals surface area contributed by atoms with Crippen molar-refractivity contribution in [3.8, 4) is 0 Å². The van der Waals surface area contributed by atoms with Gasteiger partial charge in [0, 0.05) is 25.1 Å². The van der Waals surface area contributed by atoms with Crippen LogP contribution in [0.3, 0.4) is 0 Å². The molecule has 138 valence electrons. The standard InChI is InChI=1S/C17H26N4O3S/c1-3-17(4-2,12-18)20-15(22)10-7-11-19-16-13-8-5-6-9-14(13)25(23,24)21-16/h5-6,8-9H,3-4,7,10-12,18H2,1-2H3,(H,19,21)(H,20,22). The third kappa shape index (κ3) is 4.38. The Balaban J connectivity index is 1.92. The molecule has 0 saturated heterocycles. The average Bonchev–Trinajstić information content (AvgIpc) is 2.88. The van der Waals surface area contributed by atoms with E-state index in [1.165, 1.54) is 0 Å². The van der Waals surface area contributed by atoms with Gasteiger partial charge in [-0.15, -0.1) is 0 Å². The summed E-state index contributed by atoms with van der Waals surface area (Å²) in [6, 6.07) is 6.72. The highest BCUT2D eigenvalue weighted by atomic mass is 32.2. The molecule has 7 nitrogen and oxygen atoms in total. The van der Waals surface area contributed by atoms with Crippen molar-refractivity contribution in [3.05, 3.63) is 29.8 Å². The second kappa shape index (κ2) is 7.97. The molecule has 1 aliphatic heterocycles. The van der Waals surface area contributed by atoms with E-state index < -0.39 is 10.0 Å². The normalized spacial score (nSPS) is 17.2. The lowest BCUT2D eigenvalue weighted by molar-refractivity contribution is -0.123. The first-order valence-corrected chi connectivity index (χ1v) is 10.0. The predicted octanol–water partition coefficient (Wildman–Crippen LogP) is 1.14. The van der Waals surface area contributed by atoms with Gasteiger partial charge in [0.25, 0.3) is 10.0 Å². The Morgan fingerprint density at radius 2 is 1.96 bits per heavy atom. The van der Waals surface area contributed by atoms with Gasteiger partial charge in [-0.3, -0.25) is 14.5 Å².